The molecule has 104 valence electrons. The summed E-state index contributed by atoms with van der Waals surface area (Å²) in [6.45, 7) is 2.43. The van der Waals surface area contributed by atoms with Crippen LogP contribution in [-0.2, 0) is 4.79 Å². The molecule has 1 heterocycles. The number of carbonyl (C=O) groups excluding carboxylic acids is 1. The lowest BCUT2D eigenvalue weighted by Gasteiger charge is -2.13. The van der Waals surface area contributed by atoms with Crippen LogP contribution in [0.5, 0.6) is 0 Å². The summed E-state index contributed by atoms with van der Waals surface area (Å²) in [4.78, 5) is 20.1. The van der Waals surface area contributed by atoms with E-state index in [2.05, 4.69) is 26.0 Å². The van der Waals surface area contributed by atoms with Gasteiger partial charge >= 0.3 is 0 Å². The zero-order valence-electron chi connectivity index (χ0n) is 11.3. The van der Waals surface area contributed by atoms with Crippen molar-refractivity contribution in [1.29, 1.82) is 0 Å². The fraction of sp³-hybridized carbons (Fsp3) is 0.583. The van der Waals surface area contributed by atoms with Gasteiger partial charge in [-0.05, 0) is 19.8 Å². The highest BCUT2D eigenvalue weighted by molar-refractivity contribution is 5.76. The van der Waals surface area contributed by atoms with Crippen LogP contribution in [0.2, 0.25) is 0 Å². The van der Waals surface area contributed by atoms with Gasteiger partial charge in [-0.25, -0.2) is 15.8 Å². The maximum atomic E-state index is 11.2. The molecule has 1 aliphatic carbocycles. The van der Waals surface area contributed by atoms with Crippen LogP contribution >= 0.6 is 0 Å². The SMILES string of the molecule is CNC(=O)CCNc1nc(C2CC2)nc(NN)c1C. The van der Waals surface area contributed by atoms with E-state index in [0.717, 1.165) is 30.0 Å². The molecule has 1 aromatic rings. The highest BCUT2D eigenvalue weighted by Crippen LogP contribution is 2.39. The molecule has 5 N–H and O–H groups in total. The molecule has 1 amide bonds. The van der Waals surface area contributed by atoms with E-state index in [-0.39, 0.29) is 5.91 Å². The minimum atomic E-state index is -0.00111. The number of aromatic nitrogens is 2. The largest absolute Gasteiger partial charge is 0.369 e. The predicted octanol–water partition coefficient (Wildman–Crippen LogP) is 0.496. The van der Waals surface area contributed by atoms with Crippen LogP contribution in [0.1, 0.15) is 36.6 Å². The van der Waals surface area contributed by atoms with Gasteiger partial charge in [0.15, 0.2) is 0 Å². The maximum absolute atomic E-state index is 11.2. The van der Waals surface area contributed by atoms with Crippen LogP contribution in [0, 0.1) is 6.92 Å². The number of anilines is 2. The molecular formula is C12H20N6O. The van der Waals surface area contributed by atoms with Crippen LogP contribution in [-0.4, -0.2) is 29.5 Å². The molecule has 19 heavy (non-hydrogen) atoms. The van der Waals surface area contributed by atoms with Crippen molar-refractivity contribution in [3.8, 4) is 0 Å². The first-order chi connectivity index (χ1) is 9.15. The van der Waals surface area contributed by atoms with Gasteiger partial charge in [0.2, 0.25) is 5.91 Å². The van der Waals surface area contributed by atoms with Gasteiger partial charge in [-0.15, -0.1) is 0 Å². The summed E-state index contributed by atoms with van der Waals surface area (Å²) in [5.74, 6) is 8.13. The summed E-state index contributed by atoms with van der Waals surface area (Å²) in [7, 11) is 1.62. The van der Waals surface area contributed by atoms with E-state index in [1.165, 1.54) is 0 Å². The Kier molecular flexibility index (Phi) is 4.16. The number of rotatable bonds is 6. The van der Waals surface area contributed by atoms with E-state index < -0.39 is 0 Å². The van der Waals surface area contributed by atoms with Gasteiger partial charge < -0.3 is 16.1 Å². The van der Waals surface area contributed by atoms with Gasteiger partial charge in [0.1, 0.15) is 17.5 Å². The lowest BCUT2D eigenvalue weighted by molar-refractivity contribution is -0.120. The minimum Gasteiger partial charge on any atom is -0.369 e. The number of carbonyl (C=O) groups is 1. The number of nitrogens with zero attached hydrogens (tertiary/aromatic N) is 2. The third-order valence-corrected chi connectivity index (χ3v) is 3.17. The van der Waals surface area contributed by atoms with Crippen LogP contribution in [0.4, 0.5) is 11.6 Å². The summed E-state index contributed by atoms with van der Waals surface area (Å²) < 4.78 is 0. The van der Waals surface area contributed by atoms with Gasteiger partial charge in [-0.2, -0.15) is 0 Å². The second-order valence-corrected chi connectivity index (χ2v) is 4.67. The molecule has 0 radical (unpaired) electrons. The maximum Gasteiger partial charge on any atom is 0.221 e. The first-order valence-corrected chi connectivity index (χ1v) is 6.45. The summed E-state index contributed by atoms with van der Waals surface area (Å²) in [5, 5.41) is 5.75. The monoisotopic (exact) mass is 264 g/mol. The predicted molar refractivity (Wildman–Crippen MR) is 73.7 cm³/mol. The van der Waals surface area contributed by atoms with Gasteiger partial charge in [-0.1, -0.05) is 0 Å². The normalized spacial score (nSPS) is 14.1. The number of hydrazine groups is 1. The molecular weight excluding hydrogens is 244 g/mol. The summed E-state index contributed by atoms with van der Waals surface area (Å²) >= 11 is 0. The van der Waals surface area contributed by atoms with Crippen LogP contribution in [0.15, 0.2) is 0 Å². The van der Waals surface area contributed by atoms with Crippen molar-refractivity contribution in [3.63, 3.8) is 0 Å². The fourth-order valence-electron chi connectivity index (χ4n) is 1.79. The molecule has 7 heteroatoms. The van der Waals surface area contributed by atoms with E-state index in [1.807, 2.05) is 6.92 Å². The van der Waals surface area contributed by atoms with Crippen LogP contribution in [0.3, 0.4) is 0 Å². The van der Waals surface area contributed by atoms with Gasteiger partial charge in [-0.3, -0.25) is 4.79 Å². The Morgan fingerprint density at radius 1 is 1.37 bits per heavy atom. The molecule has 1 fully saturated rings. The van der Waals surface area contributed by atoms with Gasteiger partial charge in [0, 0.05) is 31.5 Å². The Morgan fingerprint density at radius 2 is 2.05 bits per heavy atom. The number of amides is 1. The van der Waals surface area contributed by atoms with Crippen molar-refractivity contribution in [2.75, 3.05) is 24.3 Å². The highest BCUT2D eigenvalue weighted by atomic mass is 16.1. The number of nitrogens with one attached hydrogen (secondary N) is 3. The summed E-state index contributed by atoms with van der Waals surface area (Å²) in [6.07, 6.45) is 2.67. The lowest BCUT2D eigenvalue weighted by atomic mass is 10.2. The Bertz CT molecular complexity index is 472. The van der Waals surface area contributed by atoms with E-state index in [0.29, 0.717) is 24.7 Å². The molecule has 1 saturated carbocycles. The molecule has 0 aromatic carbocycles. The van der Waals surface area contributed by atoms with Gasteiger partial charge in [0.25, 0.3) is 0 Å². The Morgan fingerprint density at radius 3 is 2.63 bits per heavy atom. The lowest BCUT2D eigenvalue weighted by Crippen LogP contribution is -2.21. The first-order valence-electron chi connectivity index (χ1n) is 6.45. The number of hydrogen-bond acceptors (Lipinski definition) is 6. The smallest absolute Gasteiger partial charge is 0.221 e. The Labute approximate surface area is 112 Å². The average molecular weight is 264 g/mol. The molecule has 0 atom stereocenters. The molecule has 1 aromatic heterocycles. The molecule has 2 rings (SSSR count). The average Bonchev–Trinajstić information content (AvgIpc) is 3.24. The van der Waals surface area contributed by atoms with E-state index in [9.17, 15) is 4.79 Å². The zero-order valence-corrected chi connectivity index (χ0v) is 11.3. The quantitative estimate of drug-likeness (QED) is 0.440. The van der Waals surface area contributed by atoms with Crippen molar-refractivity contribution in [2.24, 2.45) is 5.84 Å². The summed E-state index contributed by atoms with van der Waals surface area (Å²) in [6, 6.07) is 0. The number of nitrogen functional groups attached to an aromatic ring is 1. The molecule has 0 saturated heterocycles. The Hall–Kier alpha value is -1.89. The second kappa shape index (κ2) is 5.83. The fourth-order valence-corrected chi connectivity index (χ4v) is 1.79. The molecule has 0 unspecified atom stereocenters. The van der Waals surface area contributed by atoms with Crippen molar-refractivity contribution in [3.05, 3.63) is 11.4 Å². The molecule has 7 nitrogen and oxygen atoms in total. The van der Waals surface area contributed by atoms with Gasteiger partial charge in [0.05, 0.1) is 0 Å². The number of hydrogen-bond donors (Lipinski definition) is 4. The van der Waals surface area contributed by atoms with Crippen molar-refractivity contribution in [2.45, 2.75) is 32.1 Å². The summed E-state index contributed by atoms with van der Waals surface area (Å²) in [5.41, 5.74) is 3.46. The molecule has 0 aliphatic heterocycles. The number of nitrogens with two attached hydrogens (primary N) is 1. The second-order valence-electron chi connectivity index (χ2n) is 4.67. The first kappa shape index (κ1) is 13.5. The molecule has 0 bridgehead atoms. The van der Waals surface area contributed by atoms with Crippen molar-refractivity contribution >= 4 is 17.5 Å². The van der Waals surface area contributed by atoms with E-state index in [1.54, 1.807) is 7.05 Å². The standard InChI is InChI=1S/C12H20N6O/c1-7-10(15-6-5-9(19)14-2)16-12(8-3-4-8)17-11(7)18-13/h8H,3-6,13H2,1-2H3,(H,14,19)(H2,15,16,17,18). The molecule has 1 aliphatic rings. The van der Waals surface area contributed by atoms with E-state index in [4.69, 9.17) is 5.84 Å². The van der Waals surface area contributed by atoms with Crippen LogP contribution in [0.25, 0.3) is 0 Å². The highest BCUT2D eigenvalue weighted by Gasteiger charge is 2.28. The third kappa shape index (κ3) is 3.31. The minimum absolute atomic E-state index is 0.00111. The Balaban J connectivity index is 2.09. The van der Waals surface area contributed by atoms with Crippen molar-refractivity contribution < 1.29 is 4.79 Å². The zero-order chi connectivity index (χ0) is 13.8. The topological polar surface area (TPSA) is 105 Å². The van der Waals surface area contributed by atoms with Crippen LogP contribution < -0.4 is 21.9 Å². The van der Waals surface area contributed by atoms with E-state index >= 15 is 0 Å². The molecule has 0 spiro atoms. The van der Waals surface area contributed by atoms with Crippen molar-refractivity contribution in [1.82, 2.24) is 15.3 Å². The third-order valence-electron chi connectivity index (χ3n) is 3.17.